The first-order chi connectivity index (χ1) is 11.8. The molecule has 1 heterocycles. The molecular formula is C18H23N3O4. The Morgan fingerprint density at radius 2 is 1.64 bits per heavy atom. The molecule has 1 N–H and O–H groups in total. The molecule has 2 rings (SSSR count). The van der Waals surface area contributed by atoms with E-state index in [1.165, 1.54) is 5.56 Å². The SMILES string of the molecule is CC[C@H](C)c1ccc(NC(=O)CN2C(=O)C(=O)N(C(C)C)C2=O)cc1. The summed E-state index contributed by atoms with van der Waals surface area (Å²) in [5.74, 6) is -1.97. The van der Waals surface area contributed by atoms with E-state index < -0.39 is 36.3 Å². The topological polar surface area (TPSA) is 86.8 Å². The van der Waals surface area contributed by atoms with Crippen molar-refractivity contribution in [1.29, 1.82) is 0 Å². The van der Waals surface area contributed by atoms with Crippen molar-refractivity contribution in [3.05, 3.63) is 29.8 Å². The molecule has 0 radical (unpaired) electrons. The molecule has 0 unspecified atom stereocenters. The number of amides is 5. The summed E-state index contributed by atoms with van der Waals surface area (Å²) in [6.07, 6.45) is 1.02. The van der Waals surface area contributed by atoms with E-state index in [9.17, 15) is 19.2 Å². The van der Waals surface area contributed by atoms with E-state index in [1.54, 1.807) is 26.0 Å². The van der Waals surface area contributed by atoms with Crippen LogP contribution in [-0.2, 0) is 14.4 Å². The zero-order valence-corrected chi connectivity index (χ0v) is 14.9. The molecule has 1 aromatic rings. The van der Waals surface area contributed by atoms with E-state index in [0.29, 0.717) is 16.5 Å². The fourth-order valence-electron chi connectivity index (χ4n) is 2.59. The summed E-state index contributed by atoms with van der Waals surface area (Å²) >= 11 is 0. The smallest absolute Gasteiger partial charge is 0.325 e. The van der Waals surface area contributed by atoms with Crippen molar-refractivity contribution in [2.24, 2.45) is 0 Å². The van der Waals surface area contributed by atoms with Crippen molar-refractivity contribution < 1.29 is 19.2 Å². The molecule has 1 aromatic carbocycles. The van der Waals surface area contributed by atoms with Gasteiger partial charge in [0.05, 0.1) is 0 Å². The number of rotatable bonds is 6. The minimum absolute atomic E-state index is 0.428. The minimum Gasteiger partial charge on any atom is -0.325 e. The first-order valence-corrected chi connectivity index (χ1v) is 8.35. The number of hydrogen-bond donors (Lipinski definition) is 1. The second kappa shape index (κ2) is 7.46. The zero-order valence-electron chi connectivity index (χ0n) is 14.9. The van der Waals surface area contributed by atoms with Crippen LogP contribution < -0.4 is 5.32 Å². The predicted molar refractivity (Wildman–Crippen MR) is 92.9 cm³/mol. The van der Waals surface area contributed by atoms with Gasteiger partial charge in [-0.25, -0.2) is 9.69 Å². The van der Waals surface area contributed by atoms with Gasteiger partial charge in [0.25, 0.3) is 0 Å². The Morgan fingerprint density at radius 1 is 1.04 bits per heavy atom. The number of urea groups is 1. The van der Waals surface area contributed by atoms with Crippen LogP contribution in [0.5, 0.6) is 0 Å². The first-order valence-electron chi connectivity index (χ1n) is 8.35. The Labute approximate surface area is 147 Å². The second-order valence-electron chi connectivity index (χ2n) is 6.42. The van der Waals surface area contributed by atoms with Crippen LogP contribution in [0.25, 0.3) is 0 Å². The van der Waals surface area contributed by atoms with Crippen LogP contribution in [0.1, 0.15) is 45.6 Å². The number of carbonyl (C=O) groups is 4. The Morgan fingerprint density at radius 3 is 2.12 bits per heavy atom. The van der Waals surface area contributed by atoms with Gasteiger partial charge in [-0.05, 0) is 43.9 Å². The van der Waals surface area contributed by atoms with Crippen LogP contribution in [0.15, 0.2) is 24.3 Å². The summed E-state index contributed by atoms with van der Waals surface area (Å²) in [5, 5.41) is 2.64. The third-order valence-corrected chi connectivity index (χ3v) is 4.28. The molecule has 5 amide bonds. The van der Waals surface area contributed by atoms with Gasteiger partial charge in [-0.2, -0.15) is 0 Å². The van der Waals surface area contributed by atoms with Crippen molar-refractivity contribution in [1.82, 2.24) is 9.80 Å². The lowest BCUT2D eigenvalue weighted by Gasteiger charge is -2.18. The Hall–Kier alpha value is -2.70. The molecule has 0 aromatic heterocycles. The Bertz CT molecular complexity index is 697. The van der Waals surface area contributed by atoms with Gasteiger partial charge < -0.3 is 5.32 Å². The predicted octanol–water partition coefficient (Wildman–Crippen LogP) is 2.34. The van der Waals surface area contributed by atoms with Crippen molar-refractivity contribution in [2.45, 2.75) is 46.1 Å². The molecule has 0 aliphatic carbocycles. The summed E-state index contributed by atoms with van der Waals surface area (Å²) in [6.45, 7) is 7.00. The molecule has 0 saturated carbocycles. The Kier molecular flexibility index (Phi) is 5.56. The maximum Gasteiger partial charge on any atom is 0.334 e. The van der Waals surface area contributed by atoms with E-state index >= 15 is 0 Å². The molecule has 25 heavy (non-hydrogen) atoms. The van der Waals surface area contributed by atoms with Gasteiger partial charge in [0, 0.05) is 11.7 Å². The fourth-order valence-corrected chi connectivity index (χ4v) is 2.59. The largest absolute Gasteiger partial charge is 0.334 e. The summed E-state index contributed by atoms with van der Waals surface area (Å²) in [4.78, 5) is 49.5. The van der Waals surface area contributed by atoms with E-state index in [2.05, 4.69) is 19.2 Å². The van der Waals surface area contributed by atoms with E-state index in [4.69, 9.17) is 0 Å². The third-order valence-electron chi connectivity index (χ3n) is 4.28. The molecule has 1 saturated heterocycles. The summed E-state index contributed by atoms with van der Waals surface area (Å²) < 4.78 is 0. The highest BCUT2D eigenvalue weighted by Gasteiger charge is 2.46. The quantitative estimate of drug-likeness (QED) is 0.633. The molecule has 1 atom stereocenters. The van der Waals surface area contributed by atoms with Gasteiger partial charge in [-0.3, -0.25) is 19.3 Å². The molecular weight excluding hydrogens is 322 g/mol. The maximum absolute atomic E-state index is 12.1. The maximum atomic E-state index is 12.1. The molecule has 1 aliphatic rings. The third kappa shape index (κ3) is 3.87. The lowest BCUT2D eigenvalue weighted by molar-refractivity contribution is -0.144. The van der Waals surface area contributed by atoms with Gasteiger partial charge in [0.2, 0.25) is 5.91 Å². The normalized spacial score (nSPS) is 16.0. The summed E-state index contributed by atoms with van der Waals surface area (Å²) in [6, 6.07) is 6.22. The van der Waals surface area contributed by atoms with Gasteiger partial charge in [0.15, 0.2) is 0 Å². The van der Waals surface area contributed by atoms with Crippen LogP contribution in [0.3, 0.4) is 0 Å². The fraction of sp³-hybridized carbons (Fsp3) is 0.444. The van der Waals surface area contributed by atoms with Gasteiger partial charge >= 0.3 is 17.8 Å². The van der Waals surface area contributed by atoms with Crippen molar-refractivity contribution in [3.63, 3.8) is 0 Å². The van der Waals surface area contributed by atoms with Gasteiger partial charge in [-0.15, -0.1) is 0 Å². The number of carbonyl (C=O) groups excluding carboxylic acids is 4. The average Bonchev–Trinajstić information content (AvgIpc) is 2.78. The van der Waals surface area contributed by atoms with E-state index in [-0.39, 0.29) is 0 Å². The van der Waals surface area contributed by atoms with Crippen molar-refractivity contribution in [3.8, 4) is 0 Å². The second-order valence-corrected chi connectivity index (χ2v) is 6.42. The van der Waals surface area contributed by atoms with Crippen LogP contribution in [0, 0.1) is 0 Å². The van der Waals surface area contributed by atoms with Crippen LogP contribution in [-0.4, -0.2) is 46.1 Å². The average molecular weight is 345 g/mol. The summed E-state index contributed by atoms with van der Waals surface area (Å²) in [5.41, 5.74) is 1.74. The van der Waals surface area contributed by atoms with Gasteiger partial charge in [0.1, 0.15) is 6.54 Å². The number of anilines is 1. The molecule has 1 aliphatic heterocycles. The molecule has 134 valence electrons. The molecule has 7 heteroatoms. The monoisotopic (exact) mass is 345 g/mol. The lowest BCUT2D eigenvalue weighted by Crippen LogP contribution is -2.40. The van der Waals surface area contributed by atoms with Gasteiger partial charge in [-0.1, -0.05) is 26.0 Å². The molecule has 0 bridgehead atoms. The van der Waals surface area contributed by atoms with Crippen LogP contribution in [0.2, 0.25) is 0 Å². The van der Waals surface area contributed by atoms with Crippen molar-refractivity contribution >= 4 is 29.4 Å². The number of benzene rings is 1. The number of nitrogens with one attached hydrogen (secondary N) is 1. The first kappa shape index (κ1) is 18.6. The van der Waals surface area contributed by atoms with E-state index in [0.717, 1.165) is 11.3 Å². The Balaban J connectivity index is 2.02. The molecule has 7 nitrogen and oxygen atoms in total. The minimum atomic E-state index is -0.971. The molecule has 0 spiro atoms. The highest BCUT2D eigenvalue weighted by atomic mass is 16.2. The lowest BCUT2D eigenvalue weighted by atomic mass is 9.99. The highest BCUT2D eigenvalue weighted by Crippen LogP contribution is 2.21. The highest BCUT2D eigenvalue weighted by molar-refractivity contribution is 6.45. The number of nitrogens with zero attached hydrogens (tertiary/aromatic N) is 2. The number of imide groups is 2. The molecule has 1 fully saturated rings. The van der Waals surface area contributed by atoms with Crippen LogP contribution >= 0.6 is 0 Å². The van der Waals surface area contributed by atoms with E-state index in [1.807, 2.05) is 12.1 Å². The van der Waals surface area contributed by atoms with Crippen molar-refractivity contribution in [2.75, 3.05) is 11.9 Å². The van der Waals surface area contributed by atoms with Crippen LogP contribution in [0.4, 0.5) is 10.5 Å². The number of hydrogen-bond acceptors (Lipinski definition) is 4. The zero-order chi connectivity index (χ0) is 18.7. The summed E-state index contributed by atoms with van der Waals surface area (Å²) in [7, 11) is 0. The standard InChI is InChI=1S/C18H23N3O4/c1-5-12(4)13-6-8-14(9-7-13)19-15(22)10-20-16(23)17(24)21(11(2)3)18(20)25/h6-9,11-12H,5,10H2,1-4H3,(H,19,22)/t12-/m0/s1.